The van der Waals surface area contributed by atoms with Gasteiger partial charge >= 0.3 is 0 Å². The summed E-state index contributed by atoms with van der Waals surface area (Å²) in [5.41, 5.74) is 8.16. The van der Waals surface area contributed by atoms with Crippen molar-refractivity contribution in [3.63, 3.8) is 0 Å². The highest BCUT2D eigenvalue weighted by Crippen LogP contribution is 2.38. The van der Waals surface area contributed by atoms with E-state index in [1.807, 2.05) is 18.2 Å². The molecule has 1 aliphatic heterocycles. The zero-order valence-corrected chi connectivity index (χ0v) is 14.0. The zero-order valence-electron chi connectivity index (χ0n) is 14.0. The summed E-state index contributed by atoms with van der Waals surface area (Å²) in [4.78, 5) is 12.0. The molecule has 3 N–H and O–H groups in total. The van der Waals surface area contributed by atoms with Crippen LogP contribution in [0.3, 0.4) is 0 Å². The van der Waals surface area contributed by atoms with Gasteiger partial charge in [-0.15, -0.1) is 0 Å². The predicted molar refractivity (Wildman–Crippen MR) is 95.8 cm³/mol. The van der Waals surface area contributed by atoms with E-state index in [1.165, 1.54) is 5.56 Å². The van der Waals surface area contributed by atoms with Crippen LogP contribution >= 0.6 is 0 Å². The first kappa shape index (κ1) is 17.1. The predicted octanol–water partition coefficient (Wildman–Crippen LogP) is 2.98. The van der Waals surface area contributed by atoms with Crippen LogP contribution in [0.25, 0.3) is 0 Å². The number of nitrogen functional groups attached to an aromatic ring is 1. The molecule has 6 heteroatoms. The molecular weight excluding hydrogens is 320 g/mol. The van der Waals surface area contributed by atoms with Crippen LogP contribution in [0.2, 0.25) is 0 Å². The van der Waals surface area contributed by atoms with Crippen molar-refractivity contribution in [2.75, 3.05) is 31.1 Å². The van der Waals surface area contributed by atoms with Crippen LogP contribution in [0.1, 0.15) is 18.4 Å². The highest BCUT2D eigenvalue weighted by atomic mass is 16.7. The fourth-order valence-corrected chi connectivity index (χ4v) is 2.55. The Labute approximate surface area is 146 Å². The first-order valence-electron chi connectivity index (χ1n) is 8.33. The van der Waals surface area contributed by atoms with Crippen LogP contribution in [0.5, 0.6) is 11.5 Å². The van der Waals surface area contributed by atoms with E-state index in [0.717, 1.165) is 6.42 Å². The molecule has 6 nitrogen and oxygen atoms in total. The highest BCUT2D eigenvalue weighted by Gasteiger charge is 2.17. The molecule has 0 bridgehead atoms. The van der Waals surface area contributed by atoms with Crippen molar-refractivity contribution in [2.45, 2.75) is 19.3 Å². The minimum Gasteiger partial charge on any atom is -0.454 e. The second-order valence-electron chi connectivity index (χ2n) is 5.79. The molecule has 1 aliphatic rings. The van der Waals surface area contributed by atoms with Crippen LogP contribution < -0.4 is 20.5 Å². The maximum absolute atomic E-state index is 12.0. The highest BCUT2D eigenvalue weighted by molar-refractivity contribution is 5.94. The fourth-order valence-electron chi connectivity index (χ4n) is 2.55. The van der Waals surface area contributed by atoms with Crippen molar-refractivity contribution in [1.29, 1.82) is 0 Å². The molecule has 0 radical (unpaired) electrons. The van der Waals surface area contributed by atoms with Crippen LogP contribution in [0.15, 0.2) is 42.5 Å². The van der Waals surface area contributed by atoms with E-state index in [4.69, 9.17) is 19.9 Å². The third kappa shape index (κ3) is 4.87. The normalized spacial score (nSPS) is 12.2. The number of anilines is 2. The van der Waals surface area contributed by atoms with Crippen LogP contribution in [-0.2, 0) is 16.0 Å². The Morgan fingerprint density at radius 3 is 2.68 bits per heavy atom. The number of hydrogen-bond donors (Lipinski definition) is 2. The van der Waals surface area contributed by atoms with E-state index in [9.17, 15) is 4.79 Å². The molecule has 1 heterocycles. The van der Waals surface area contributed by atoms with E-state index in [-0.39, 0.29) is 12.7 Å². The van der Waals surface area contributed by atoms with Gasteiger partial charge in [0.25, 0.3) is 0 Å². The van der Waals surface area contributed by atoms with Gasteiger partial charge < -0.3 is 25.3 Å². The molecule has 25 heavy (non-hydrogen) atoms. The van der Waals surface area contributed by atoms with E-state index < -0.39 is 0 Å². The number of rotatable bonds is 8. The number of nitrogens with one attached hydrogen (secondary N) is 1. The number of carbonyl (C=O) groups is 1. The van der Waals surface area contributed by atoms with Crippen molar-refractivity contribution in [3.8, 4) is 11.5 Å². The molecule has 1 amide bonds. The summed E-state index contributed by atoms with van der Waals surface area (Å²) in [5.74, 6) is 1.09. The summed E-state index contributed by atoms with van der Waals surface area (Å²) in [5, 5.41) is 2.80. The van der Waals surface area contributed by atoms with Gasteiger partial charge in [0.15, 0.2) is 11.5 Å². The van der Waals surface area contributed by atoms with Crippen LogP contribution in [0.4, 0.5) is 11.4 Å². The van der Waals surface area contributed by atoms with Crippen LogP contribution in [0, 0.1) is 0 Å². The molecular formula is C19H22N2O4. The van der Waals surface area contributed by atoms with Crippen molar-refractivity contribution >= 4 is 17.3 Å². The second kappa shape index (κ2) is 8.39. The smallest absolute Gasteiger partial charge is 0.231 e. The topological polar surface area (TPSA) is 82.8 Å². The molecule has 0 aliphatic carbocycles. The van der Waals surface area contributed by atoms with Gasteiger partial charge in [-0.1, -0.05) is 30.3 Å². The lowest BCUT2D eigenvalue weighted by Crippen LogP contribution is -2.13. The van der Waals surface area contributed by atoms with Gasteiger partial charge in [0.2, 0.25) is 12.7 Å². The van der Waals surface area contributed by atoms with Gasteiger partial charge in [-0.2, -0.15) is 0 Å². The third-order valence-corrected chi connectivity index (χ3v) is 3.89. The SMILES string of the molecule is Nc1cc2c(cc1NC(=O)CCCOCCc1ccccc1)OCO2. The first-order chi connectivity index (χ1) is 12.2. The number of hydrogen-bond acceptors (Lipinski definition) is 5. The monoisotopic (exact) mass is 342 g/mol. The second-order valence-corrected chi connectivity index (χ2v) is 5.79. The zero-order chi connectivity index (χ0) is 17.5. The molecule has 0 spiro atoms. The van der Waals surface area contributed by atoms with Crippen molar-refractivity contribution < 1.29 is 19.0 Å². The average Bonchev–Trinajstić information content (AvgIpc) is 3.06. The third-order valence-electron chi connectivity index (χ3n) is 3.89. The molecule has 3 rings (SSSR count). The Morgan fingerprint density at radius 1 is 1.12 bits per heavy atom. The number of carbonyl (C=O) groups excluding carboxylic acids is 1. The summed E-state index contributed by atoms with van der Waals surface area (Å²) < 4.78 is 16.1. The number of nitrogens with two attached hydrogens (primary N) is 1. The van der Waals surface area contributed by atoms with Gasteiger partial charge in [0.1, 0.15) is 0 Å². The number of amides is 1. The average molecular weight is 342 g/mol. The van der Waals surface area contributed by atoms with Gasteiger partial charge in [0, 0.05) is 25.2 Å². The fraction of sp³-hybridized carbons (Fsp3) is 0.316. The largest absolute Gasteiger partial charge is 0.454 e. The maximum Gasteiger partial charge on any atom is 0.231 e. The lowest BCUT2D eigenvalue weighted by atomic mass is 10.2. The van der Waals surface area contributed by atoms with Gasteiger partial charge in [0.05, 0.1) is 18.0 Å². The Kier molecular flexibility index (Phi) is 5.74. The van der Waals surface area contributed by atoms with E-state index in [1.54, 1.807) is 12.1 Å². The molecule has 0 atom stereocenters. The lowest BCUT2D eigenvalue weighted by molar-refractivity contribution is -0.116. The standard InChI is InChI=1S/C19H22N2O4/c20-15-11-17-18(25-13-24-17)12-16(15)21-19(22)7-4-9-23-10-8-14-5-2-1-3-6-14/h1-3,5-6,11-12H,4,7-10,13,20H2,(H,21,22). The number of fused-ring (bicyclic) bond motifs is 1. The quantitative estimate of drug-likeness (QED) is 0.569. The van der Waals surface area contributed by atoms with Crippen LogP contribution in [-0.4, -0.2) is 25.9 Å². The molecule has 132 valence electrons. The van der Waals surface area contributed by atoms with E-state index in [2.05, 4.69) is 17.4 Å². The summed E-state index contributed by atoms with van der Waals surface area (Å²) in [6.45, 7) is 1.38. The Balaban J connectivity index is 1.35. The molecule has 2 aromatic rings. The molecule has 0 aromatic heterocycles. The van der Waals surface area contributed by atoms with E-state index in [0.29, 0.717) is 48.9 Å². The van der Waals surface area contributed by atoms with Gasteiger partial charge in [-0.3, -0.25) is 4.79 Å². The van der Waals surface area contributed by atoms with Crippen molar-refractivity contribution in [1.82, 2.24) is 0 Å². The van der Waals surface area contributed by atoms with Gasteiger partial charge in [-0.25, -0.2) is 0 Å². The summed E-state index contributed by atoms with van der Waals surface area (Å²) in [6.07, 6.45) is 1.91. The molecule has 0 saturated carbocycles. The first-order valence-corrected chi connectivity index (χ1v) is 8.33. The molecule has 2 aromatic carbocycles. The number of benzene rings is 2. The summed E-state index contributed by atoms with van der Waals surface area (Å²) in [6, 6.07) is 13.5. The van der Waals surface area contributed by atoms with Crippen molar-refractivity contribution in [3.05, 3.63) is 48.0 Å². The Morgan fingerprint density at radius 2 is 1.88 bits per heavy atom. The Hall–Kier alpha value is -2.73. The molecule has 0 fully saturated rings. The minimum atomic E-state index is -0.0998. The van der Waals surface area contributed by atoms with E-state index >= 15 is 0 Å². The van der Waals surface area contributed by atoms with Gasteiger partial charge in [-0.05, 0) is 18.4 Å². The maximum atomic E-state index is 12.0. The minimum absolute atomic E-state index is 0.0998. The molecule has 0 unspecified atom stereocenters. The summed E-state index contributed by atoms with van der Waals surface area (Å²) in [7, 11) is 0. The lowest BCUT2D eigenvalue weighted by Gasteiger charge is -2.09. The summed E-state index contributed by atoms with van der Waals surface area (Å²) >= 11 is 0. The molecule has 0 saturated heterocycles. The Bertz CT molecular complexity index is 719. The van der Waals surface area contributed by atoms with Crippen molar-refractivity contribution in [2.24, 2.45) is 0 Å². The number of ether oxygens (including phenoxy) is 3.